The zero-order chi connectivity index (χ0) is 14.7. The van der Waals surface area contributed by atoms with Crippen LogP contribution < -0.4 is 5.73 Å². The first-order valence-electron chi connectivity index (χ1n) is 6.96. The van der Waals surface area contributed by atoms with Gasteiger partial charge >= 0.3 is 0 Å². The third-order valence-electron chi connectivity index (χ3n) is 3.61. The van der Waals surface area contributed by atoms with E-state index in [-0.39, 0.29) is 12.4 Å². The minimum atomic E-state index is -0.215. The molecular formula is C16H17FN4. The Morgan fingerprint density at radius 1 is 1.33 bits per heavy atom. The molecule has 2 aromatic rings. The normalized spacial score (nSPS) is 14.4. The first kappa shape index (κ1) is 13.8. The Hall–Kier alpha value is -2.16. The highest BCUT2D eigenvalue weighted by molar-refractivity contribution is 5.37. The Morgan fingerprint density at radius 3 is 3.05 bits per heavy atom. The molecule has 0 aliphatic carbocycles. The Balaban J connectivity index is 1.71. The molecule has 0 radical (unpaired) electrons. The van der Waals surface area contributed by atoms with Crippen molar-refractivity contribution in [3.8, 4) is 11.8 Å². The van der Waals surface area contributed by atoms with Crippen LogP contribution in [0.4, 0.5) is 4.39 Å². The van der Waals surface area contributed by atoms with E-state index in [0.29, 0.717) is 17.7 Å². The second-order valence-electron chi connectivity index (χ2n) is 5.06. The average Bonchev–Trinajstić information content (AvgIpc) is 2.95. The lowest BCUT2D eigenvalue weighted by molar-refractivity contribution is 0.206. The number of halogens is 1. The van der Waals surface area contributed by atoms with Crippen LogP contribution in [-0.4, -0.2) is 27.5 Å². The van der Waals surface area contributed by atoms with Crippen molar-refractivity contribution >= 4 is 0 Å². The fourth-order valence-corrected chi connectivity index (χ4v) is 2.51. The summed E-state index contributed by atoms with van der Waals surface area (Å²) in [6.07, 6.45) is 3.79. The van der Waals surface area contributed by atoms with Crippen LogP contribution in [0.25, 0.3) is 0 Å². The molecule has 0 bridgehead atoms. The lowest BCUT2D eigenvalue weighted by Gasteiger charge is -2.27. The highest BCUT2D eigenvalue weighted by atomic mass is 19.1. The zero-order valence-corrected chi connectivity index (χ0v) is 11.7. The number of benzene rings is 1. The molecule has 2 N–H and O–H groups in total. The van der Waals surface area contributed by atoms with Gasteiger partial charge in [0.15, 0.2) is 0 Å². The van der Waals surface area contributed by atoms with Crippen molar-refractivity contribution in [2.45, 2.75) is 19.6 Å². The summed E-state index contributed by atoms with van der Waals surface area (Å²) in [5.74, 6) is 6.39. The number of imidazole rings is 1. The van der Waals surface area contributed by atoms with E-state index in [4.69, 9.17) is 5.73 Å². The molecule has 21 heavy (non-hydrogen) atoms. The van der Waals surface area contributed by atoms with Crippen molar-refractivity contribution in [1.29, 1.82) is 0 Å². The zero-order valence-electron chi connectivity index (χ0n) is 11.7. The first-order valence-corrected chi connectivity index (χ1v) is 6.96. The summed E-state index contributed by atoms with van der Waals surface area (Å²) in [5.41, 5.74) is 6.67. The maximum Gasteiger partial charge on any atom is 0.128 e. The quantitative estimate of drug-likeness (QED) is 0.847. The fourth-order valence-electron chi connectivity index (χ4n) is 2.51. The molecule has 4 nitrogen and oxygen atoms in total. The summed E-state index contributed by atoms with van der Waals surface area (Å²) < 4.78 is 16.3. The molecule has 5 heteroatoms. The smallest absolute Gasteiger partial charge is 0.128 e. The molecule has 1 aromatic carbocycles. The van der Waals surface area contributed by atoms with E-state index >= 15 is 0 Å². The highest BCUT2D eigenvalue weighted by Gasteiger charge is 2.17. The van der Waals surface area contributed by atoms with Gasteiger partial charge in [0.1, 0.15) is 11.6 Å². The SMILES string of the molecule is NCC#Cc1ccc(CN2CCn3ccnc3C2)c(F)c1. The summed E-state index contributed by atoms with van der Waals surface area (Å²) in [4.78, 5) is 6.52. The molecule has 0 fully saturated rings. The third kappa shape index (κ3) is 3.13. The van der Waals surface area contributed by atoms with Gasteiger partial charge in [-0.05, 0) is 12.1 Å². The lowest BCUT2D eigenvalue weighted by atomic mass is 10.1. The third-order valence-corrected chi connectivity index (χ3v) is 3.61. The van der Waals surface area contributed by atoms with Gasteiger partial charge in [0.05, 0.1) is 13.1 Å². The number of aromatic nitrogens is 2. The van der Waals surface area contributed by atoms with Crippen molar-refractivity contribution in [1.82, 2.24) is 14.5 Å². The Bertz CT molecular complexity index is 696. The van der Waals surface area contributed by atoms with Crippen LogP contribution in [0.2, 0.25) is 0 Å². The predicted molar refractivity (Wildman–Crippen MR) is 78.7 cm³/mol. The molecular weight excluding hydrogens is 267 g/mol. The highest BCUT2D eigenvalue weighted by Crippen LogP contribution is 2.17. The van der Waals surface area contributed by atoms with Gasteiger partial charge in [-0.2, -0.15) is 0 Å². The van der Waals surface area contributed by atoms with Gasteiger partial charge in [-0.3, -0.25) is 4.90 Å². The predicted octanol–water partition coefficient (Wildman–Crippen LogP) is 1.35. The van der Waals surface area contributed by atoms with Gasteiger partial charge in [-0.1, -0.05) is 17.9 Å². The van der Waals surface area contributed by atoms with Crippen molar-refractivity contribution in [3.63, 3.8) is 0 Å². The minimum absolute atomic E-state index is 0.215. The maximum atomic E-state index is 14.1. The number of rotatable bonds is 2. The van der Waals surface area contributed by atoms with Gasteiger partial charge in [0.25, 0.3) is 0 Å². The molecule has 0 saturated heterocycles. The molecule has 1 aliphatic heterocycles. The molecule has 0 unspecified atom stereocenters. The summed E-state index contributed by atoms with van der Waals surface area (Å²) in [5, 5.41) is 0. The van der Waals surface area contributed by atoms with Crippen molar-refractivity contribution < 1.29 is 4.39 Å². The van der Waals surface area contributed by atoms with Crippen LogP contribution in [0.3, 0.4) is 0 Å². The average molecular weight is 284 g/mol. The molecule has 0 amide bonds. The molecule has 0 saturated carbocycles. The Labute approximate surface area is 123 Å². The van der Waals surface area contributed by atoms with Crippen molar-refractivity contribution in [2.75, 3.05) is 13.1 Å². The Morgan fingerprint density at radius 2 is 2.24 bits per heavy atom. The van der Waals surface area contributed by atoms with Gasteiger partial charge < -0.3 is 10.3 Å². The molecule has 0 atom stereocenters. The van der Waals surface area contributed by atoms with Crippen LogP contribution in [-0.2, 0) is 19.6 Å². The molecule has 0 spiro atoms. The first-order chi connectivity index (χ1) is 10.3. The number of fused-ring (bicyclic) bond motifs is 1. The van der Waals surface area contributed by atoms with Crippen LogP contribution in [0.15, 0.2) is 30.6 Å². The van der Waals surface area contributed by atoms with E-state index in [1.165, 1.54) is 6.07 Å². The van der Waals surface area contributed by atoms with Crippen molar-refractivity contribution in [3.05, 3.63) is 53.4 Å². The lowest BCUT2D eigenvalue weighted by Crippen LogP contribution is -2.33. The number of hydrogen-bond donors (Lipinski definition) is 1. The van der Waals surface area contributed by atoms with E-state index in [2.05, 4.69) is 26.3 Å². The topological polar surface area (TPSA) is 47.1 Å². The second-order valence-corrected chi connectivity index (χ2v) is 5.06. The van der Waals surface area contributed by atoms with Crippen LogP contribution in [0.1, 0.15) is 17.0 Å². The standard InChI is InChI=1S/C16H17FN4/c17-15-10-13(2-1-5-18)3-4-14(15)11-20-8-9-21-7-6-19-16(21)12-20/h3-4,6-7,10H,5,8-9,11-12,18H2. The monoisotopic (exact) mass is 284 g/mol. The largest absolute Gasteiger partial charge is 0.333 e. The van der Waals surface area contributed by atoms with Crippen LogP contribution >= 0.6 is 0 Å². The molecule has 108 valence electrons. The molecule has 3 rings (SSSR count). The van der Waals surface area contributed by atoms with Crippen LogP contribution in [0, 0.1) is 17.7 Å². The van der Waals surface area contributed by atoms with E-state index < -0.39 is 0 Å². The summed E-state index contributed by atoms with van der Waals surface area (Å²) in [6.45, 7) is 3.42. The Kier molecular flexibility index (Phi) is 4.00. The number of hydrogen-bond acceptors (Lipinski definition) is 3. The number of nitrogens with two attached hydrogens (primary N) is 1. The van der Waals surface area contributed by atoms with E-state index in [0.717, 1.165) is 25.5 Å². The van der Waals surface area contributed by atoms with Crippen molar-refractivity contribution in [2.24, 2.45) is 5.73 Å². The molecule has 1 aromatic heterocycles. The van der Waals surface area contributed by atoms with Gasteiger partial charge in [-0.25, -0.2) is 9.37 Å². The summed E-state index contributed by atoms with van der Waals surface area (Å²) >= 11 is 0. The molecule has 2 heterocycles. The fraction of sp³-hybridized carbons (Fsp3) is 0.312. The van der Waals surface area contributed by atoms with E-state index in [1.54, 1.807) is 6.07 Å². The number of nitrogens with zero attached hydrogens (tertiary/aromatic N) is 3. The second kappa shape index (κ2) is 6.08. The van der Waals surface area contributed by atoms with E-state index in [9.17, 15) is 4.39 Å². The maximum absolute atomic E-state index is 14.1. The van der Waals surface area contributed by atoms with Gasteiger partial charge in [-0.15, -0.1) is 0 Å². The van der Waals surface area contributed by atoms with Gasteiger partial charge in [0.2, 0.25) is 0 Å². The minimum Gasteiger partial charge on any atom is -0.333 e. The van der Waals surface area contributed by atoms with E-state index in [1.807, 2.05) is 18.5 Å². The van der Waals surface area contributed by atoms with Crippen LogP contribution in [0.5, 0.6) is 0 Å². The van der Waals surface area contributed by atoms with Gasteiger partial charge in [0, 0.05) is 43.2 Å². The summed E-state index contributed by atoms with van der Waals surface area (Å²) in [7, 11) is 0. The summed E-state index contributed by atoms with van der Waals surface area (Å²) in [6, 6.07) is 5.12. The molecule has 1 aliphatic rings.